The number of carbonyl (C=O) groups excluding carboxylic acids is 1. The first-order chi connectivity index (χ1) is 14.1. The molecule has 1 aromatic heterocycles. The Morgan fingerprint density at radius 3 is 2.62 bits per heavy atom. The standard InChI is InChI=1S/C21H18N4O4/c22-11-5-12-24(15-18-8-4-13-29-18)21(26)16-9-10-19(20(14-16)25(27)28)23-17-6-2-1-3-7-17/h1-4,6-10,13-14,23H,5,12,15H2. The highest BCUT2D eigenvalue weighted by molar-refractivity contribution is 5.96. The summed E-state index contributed by atoms with van der Waals surface area (Å²) in [6, 6.07) is 18.8. The average Bonchev–Trinajstić information content (AvgIpc) is 3.24. The van der Waals surface area contributed by atoms with Crippen LogP contribution in [0.5, 0.6) is 0 Å². The number of carbonyl (C=O) groups is 1. The molecule has 2 aromatic carbocycles. The average molecular weight is 390 g/mol. The highest BCUT2D eigenvalue weighted by Crippen LogP contribution is 2.29. The molecular weight excluding hydrogens is 372 g/mol. The van der Waals surface area contributed by atoms with Gasteiger partial charge < -0.3 is 14.6 Å². The van der Waals surface area contributed by atoms with Crippen molar-refractivity contribution >= 4 is 23.0 Å². The predicted octanol–water partition coefficient (Wildman–Crippen LogP) is 4.49. The van der Waals surface area contributed by atoms with E-state index in [2.05, 4.69) is 5.32 Å². The lowest BCUT2D eigenvalue weighted by atomic mass is 10.1. The molecule has 0 saturated heterocycles. The normalized spacial score (nSPS) is 10.2. The molecule has 146 valence electrons. The predicted molar refractivity (Wildman–Crippen MR) is 106 cm³/mol. The molecule has 0 fully saturated rings. The molecule has 0 aliphatic carbocycles. The summed E-state index contributed by atoms with van der Waals surface area (Å²) in [5, 5.41) is 23.4. The minimum absolute atomic E-state index is 0.141. The summed E-state index contributed by atoms with van der Waals surface area (Å²) in [4.78, 5) is 25.4. The van der Waals surface area contributed by atoms with E-state index >= 15 is 0 Å². The second-order valence-corrected chi connectivity index (χ2v) is 6.19. The molecule has 0 bridgehead atoms. The fraction of sp³-hybridized carbons (Fsp3) is 0.143. The minimum Gasteiger partial charge on any atom is -0.467 e. The zero-order valence-electron chi connectivity index (χ0n) is 15.4. The van der Waals surface area contributed by atoms with Crippen molar-refractivity contribution in [3.8, 4) is 6.07 Å². The summed E-state index contributed by atoms with van der Waals surface area (Å²) in [5.74, 6) is 0.152. The first-order valence-electron chi connectivity index (χ1n) is 8.87. The van der Waals surface area contributed by atoms with Gasteiger partial charge in [-0.05, 0) is 36.4 Å². The molecule has 0 atom stereocenters. The van der Waals surface area contributed by atoms with Crippen LogP contribution in [0.4, 0.5) is 17.1 Å². The van der Waals surface area contributed by atoms with Gasteiger partial charge >= 0.3 is 0 Å². The lowest BCUT2D eigenvalue weighted by Crippen LogP contribution is -2.31. The zero-order chi connectivity index (χ0) is 20.6. The van der Waals surface area contributed by atoms with Gasteiger partial charge in [-0.15, -0.1) is 0 Å². The third-order valence-corrected chi connectivity index (χ3v) is 4.20. The molecule has 8 nitrogen and oxygen atoms in total. The lowest BCUT2D eigenvalue weighted by molar-refractivity contribution is -0.383. The van der Waals surface area contributed by atoms with Gasteiger partial charge in [0, 0.05) is 23.9 Å². The Bertz CT molecular complexity index is 1030. The van der Waals surface area contributed by atoms with Gasteiger partial charge in [0.05, 0.1) is 30.2 Å². The molecule has 8 heteroatoms. The van der Waals surface area contributed by atoms with E-state index in [-0.39, 0.29) is 36.4 Å². The van der Waals surface area contributed by atoms with Crippen molar-refractivity contribution in [3.05, 3.63) is 88.4 Å². The highest BCUT2D eigenvalue weighted by Gasteiger charge is 2.22. The van der Waals surface area contributed by atoms with Crippen molar-refractivity contribution in [3.63, 3.8) is 0 Å². The summed E-state index contributed by atoms with van der Waals surface area (Å²) in [5.41, 5.74) is 0.938. The number of anilines is 2. The number of nitrogens with one attached hydrogen (secondary N) is 1. The minimum atomic E-state index is -0.534. The smallest absolute Gasteiger partial charge is 0.293 e. The first kappa shape index (κ1) is 19.6. The zero-order valence-corrected chi connectivity index (χ0v) is 15.4. The van der Waals surface area contributed by atoms with Gasteiger partial charge in [-0.25, -0.2) is 0 Å². The maximum Gasteiger partial charge on any atom is 0.293 e. The van der Waals surface area contributed by atoms with Gasteiger partial charge in [-0.2, -0.15) is 5.26 Å². The summed E-state index contributed by atoms with van der Waals surface area (Å²) in [6.07, 6.45) is 1.64. The number of hydrogen-bond acceptors (Lipinski definition) is 6. The van der Waals surface area contributed by atoms with Crippen LogP contribution in [-0.4, -0.2) is 22.3 Å². The van der Waals surface area contributed by atoms with Gasteiger partial charge in [0.2, 0.25) is 0 Å². The number of amides is 1. The molecule has 1 N–H and O–H groups in total. The van der Waals surface area contributed by atoms with Crippen molar-refractivity contribution < 1.29 is 14.1 Å². The van der Waals surface area contributed by atoms with Gasteiger partial charge in [-0.3, -0.25) is 14.9 Å². The van der Waals surface area contributed by atoms with Crippen molar-refractivity contribution in [1.29, 1.82) is 5.26 Å². The van der Waals surface area contributed by atoms with E-state index < -0.39 is 10.8 Å². The van der Waals surface area contributed by atoms with Crippen LogP contribution in [-0.2, 0) is 6.54 Å². The summed E-state index contributed by atoms with van der Waals surface area (Å²) in [6.45, 7) is 0.360. The van der Waals surface area contributed by atoms with E-state index in [0.717, 1.165) is 0 Å². The molecule has 1 heterocycles. The van der Waals surface area contributed by atoms with E-state index in [4.69, 9.17) is 9.68 Å². The van der Waals surface area contributed by atoms with Crippen LogP contribution in [0.25, 0.3) is 0 Å². The van der Waals surface area contributed by atoms with Crippen molar-refractivity contribution in [2.45, 2.75) is 13.0 Å². The van der Waals surface area contributed by atoms with Crippen molar-refractivity contribution in [2.75, 3.05) is 11.9 Å². The molecule has 1 amide bonds. The fourth-order valence-electron chi connectivity index (χ4n) is 2.81. The Hall–Kier alpha value is -4.12. The fourth-order valence-corrected chi connectivity index (χ4v) is 2.81. The van der Waals surface area contributed by atoms with Crippen LogP contribution in [0.2, 0.25) is 0 Å². The Kier molecular flexibility index (Phi) is 6.22. The number of nitro groups is 1. The van der Waals surface area contributed by atoms with Crippen LogP contribution < -0.4 is 5.32 Å². The van der Waals surface area contributed by atoms with E-state index in [1.54, 1.807) is 24.3 Å². The van der Waals surface area contributed by atoms with Crippen LogP contribution >= 0.6 is 0 Å². The molecule has 0 radical (unpaired) electrons. The molecule has 0 unspecified atom stereocenters. The van der Waals surface area contributed by atoms with Crippen LogP contribution in [0.15, 0.2) is 71.3 Å². The Balaban J connectivity index is 1.87. The number of rotatable bonds is 8. The summed E-state index contributed by atoms with van der Waals surface area (Å²) >= 11 is 0. The second kappa shape index (κ2) is 9.19. The number of hydrogen-bond donors (Lipinski definition) is 1. The maximum absolute atomic E-state index is 13.0. The number of nitrogens with zero attached hydrogens (tertiary/aromatic N) is 3. The third kappa shape index (κ3) is 4.99. The second-order valence-electron chi connectivity index (χ2n) is 6.19. The molecule has 0 spiro atoms. The number of nitro benzene ring substituents is 1. The summed E-state index contributed by atoms with van der Waals surface area (Å²) < 4.78 is 5.28. The number of benzene rings is 2. The Morgan fingerprint density at radius 1 is 1.17 bits per heavy atom. The topological polar surface area (TPSA) is 112 Å². The largest absolute Gasteiger partial charge is 0.467 e. The maximum atomic E-state index is 13.0. The van der Waals surface area contributed by atoms with Gasteiger partial charge in [0.15, 0.2) is 0 Å². The number of para-hydroxylation sites is 1. The molecule has 3 rings (SSSR count). The Morgan fingerprint density at radius 2 is 1.97 bits per heavy atom. The monoisotopic (exact) mass is 390 g/mol. The summed E-state index contributed by atoms with van der Waals surface area (Å²) in [7, 11) is 0. The molecule has 0 saturated carbocycles. The van der Waals surface area contributed by atoms with E-state index in [1.165, 1.54) is 29.4 Å². The number of furan rings is 1. The third-order valence-electron chi connectivity index (χ3n) is 4.20. The van der Waals surface area contributed by atoms with Gasteiger partial charge in [0.1, 0.15) is 11.4 Å². The van der Waals surface area contributed by atoms with E-state index in [9.17, 15) is 14.9 Å². The van der Waals surface area contributed by atoms with Crippen LogP contribution in [0.3, 0.4) is 0 Å². The molecular formula is C21H18N4O4. The van der Waals surface area contributed by atoms with Crippen molar-refractivity contribution in [1.82, 2.24) is 4.90 Å². The molecule has 0 aliphatic rings. The quantitative estimate of drug-likeness (QED) is 0.448. The lowest BCUT2D eigenvalue weighted by Gasteiger charge is -2.20. The van der Waals surface area contributed by atoms with E-state index in [0.29, 0.717) is 11.4 Å². The van der Waals surface area contributed by atoms with Crippen LogP contribution in [0, 0.1) is 21.4 Å². The number of nitriles is 1. The van der Waals surface area contributed by atoms with Gasteiger partial charge in [-0.1, -0.05) is 18.2 Å². The Labute approximate surface area is 167 Å². The molecule has 0 aliphatic heterocycles. The van der Waals surface area contributed by atoms with E-state index in [1.807, 2.05) is 24.3 Å². The van der Waals surface area contributed by atoms with Crippen molar-refractivity contribution in [2.24, 2.45) is 0 Å². The SMILES string of the molecule is N#CCCN(Cc1ccco1)C(=O)c1ccc(Nc2ccccc2)c([N+](=O)[O-])c1. The first-order valence-corrected chi connectivity index (χ1v) is 8.87. The molecule has 29 heavy (non-hydrogen) atoms. The van der Waals surface area contributed by atoms with Crippen LogP contribution in [0.1, 0.15) is 22.5 Å². The van der Waals surface area contributed by atoms with Gasteiger partial charge in [0.25, 0.3) is 11.6 Å². The highest BCUT2D eigenvalue weighted by atomic mass is 16.6. The molecule has 3 aromatic rings.